The standard InChI is InChI=1S/C12H17N3O3/c1-5-8(7(3)18-4)9-6(2)14-11(13)10(15-9)12(16)17/h5,7-8H,1H2,2-4H3,(H2,13,14)(H,16,17)/t7-,8?/m0/s1. The van der Waals surface area contributed by atoms with Crippen LogP contribution in [0, 0.1) is 6.92 Å². The fraction of sp³-hybridized carbons (Fsp3) is 0.417. The molecule has 0 aliphatic carbocycles. The lowest BCUT2D eigenvalue weighted by Crippen LogP contribution is -2.21. The summed E-state index contributed by atoms with van der Waals surface area (Å²) in [5.74, 6) is -1.52. The Balaban J connectivity index is 3.34. The third-order valence-corrected chi connectivity index (χ3v) is 2.78. The minimum atomic E-state index is -1.20. The quantitative estimate of drug-likeness (QED) is 0.767. The highest BCUT2D eigenvalue weighted by molar-refractivity contribution is 5.90. The summed E-state index contributed by atoms with van der Waals surface area (Å²) >= 11 is 0. The lowest BCUT2D eigenvalue weighted by Gasteiger charge is -2.20. The van der Waals surface area contributed by atoms with Crippen LogP contribution >= 0.6 is 0 Å². The summed E-state index contributed by atoms with van der Waals surface area (Å²) in [5.41, 5.74) is 6.38. The molecule has 0 saturated carbocycles. The van der Waals surface area contributed by atoms with Crippen molar-refractivity contribution in [1.29, 1.82) is 0 Å². The van der Waals surface area contributed by atoms with E-state index in [1.54, 1.807) is 20.1 Å². The minimum absolute atomic E-state index is 0.0865. The fourth-order valence-electron chi connectivity index (χ4n) is 1.69. The summed E-state index contributed by atoms with van der Waals surface area (Å²) in [7, 11) is 1.57. The number of nitrogens with two attached hydrogens (primary N) is 1. The predicted molar refractivity (Wildman–Crippen MR) is 67.5 cm³/mol. The van der Waals surface area contributed by atoms with Crippen LogP contribution in [0.25, 0.3) is 0 Å². The van der Waals surface area contributed by atoms with Gasteiger partial charge in [-0.3, -0.25) is 0 Å². The van der Waals surface area contributed by atoms with E-state index in [2.05, 4.69) is 16.5 Å². The third kappa shape index (κ3) is 2.65. The molecule has 0 radical (unpaired) electrons. The van der Waals surface area contributed by atoms with Crippen molar-refractivity contribution in [2.45, 2.75) is 25.9 Å². The maximum Gasteiger partial charge on any atom is 0.358 e. The van der Waals surface area contributed by atoms with Gasteiger partial charge in [0.05, 0.1) is 17.5 Å². The smallest absolute Gasteiger partial charge is 0.358 e. The van der Waals surface area contributed by atoms with Crippen molar-refractivity contribution in [3.8, 4) is 0 Å². The summed E-state index contributed by atoms with van der Waals surface area (Å²) < 4.78 is 5.23. The van der Waals surface area contributed by atoms with E-state index in [0.29, 0.717) is 11.4 Å². The van der Waals surface area contributed by atoms with Crippen molar-refractivity contribution in [3.05, 3.63) is 29.7 Å². The number of aromatic nitrogens is 2. The number of methoxy groups -OCH3 is 1. The van der Waals surface area contributed by atoms with E-state index in [-0.39, 0.29) is 23.5 Å². The molecule has 0 spiro atoms. The summed E-state index contributed by atoms with van der Waals surface area (Å²) in [6.45, 7) is 7.29. The number of ether oxygens (including phenoxy) is 1. The zero-order valence-electron chi connectivity index (χ0n) is 10.7. The summed E-state index contributed by atoms with van der Waals surface area (Å²) in [5, 5.41) is 8.99. The average Bonchev–Trinajstić information content (AvgIpc) is 2.31. The van der Waals surface area contributed by atoms with Gasteiger partial charge in [0.15, 0.2) is 11.5 Å². The Hall–Kier alpha value is -1.95. The molecule has 0 fully saturated rings. The van der Waals surface area contributed by atoms with Crippen LogP contribution in [0.1, 0.15) is 34.7 Å². The molecule has 1 rings (SSSR count). The lowest BCUT2D eigenvalue weighted by molar-refractivity contribution is 0.0689. The number of anilines is 1. The molecule has 0 saturated heterocycles. The van der Waals surface area contributed by atoms with Crippen molar-refractivity contribution in [2.75, 3.05) is 12.8 Å². The molecule has 1 aromatic rings. The van der Waals surface area contributed by atoms with E-state index in [0.717, 1.165) is 0 Å². The molecule has 2 atom stereocenters. The van der Waals surface area contributed by atoms with Crippen LogP contribution < -0.4 is 5.73 Å². The minimum Gasteiger partial charge on any atom is -0.476 e. The number of carboxylic acid groups (broad SMARTS) is 1. The molecule has 6 nitrogen and oxygen atoms in total. The average molecular weight is 251 g/mol. The Labute approximate surface area is 106 Å². The number of rotatable bonds is 5. The van der Waals surface area contributed by atoms with Crippen LogP contribution in [0.2, 0.25) is 0 Å². The monoisotopic (exact) mass is 251 g/mol. The molecule has 1 aromatic heterocycles. The fourth-order valence-corrected chi connectivity index (χ4v) is 1.69. The van der Waals surface area contributed by atoms with Gasteiger partial charge in [0.25, 0.3) is 0 Å². The van der Waals surface area contributed by atoms with Crippen LogP contribution in [0.4, 0.5) is 5.82 Å². The number of carboxylic acids is 1. The van der Waals surface area contributed by atoms with Crippen molar-refractivity contribution in [1.82, 2.24) is 9.97 Å². The van der Waals surface area contributed by atoms with E-state index >= 15 is 0 Å². The van der Waals surface area contributed by atoms with Crippen LogP contribution in [-0.4, -0.2) is 34.3 Å². The lowest BCUT2D eigenvalue weighted by atomic mass is 9.97. The highest BCUT2D eigenvalue weighted by Gasteiger charge is 2.23. The Morgan fingerprint density at radius 1 is 1.56 bits per heavy atom. The molecule has 6 heteroatoms. The van der Waals surface area contributed by atoms with Crippen LogP contribution in [-0.2, 0) is 4.74 Å². The number of aryl methyl sites for hydroxylation is 1. The molecule has 1 unspecified atom stereocenters. The Kier molecular flexibility index (Phi) is 4.38. The third-order valence-electron chi connectivity index (χ3n) is 2.78. The number of nitrogen functional groups attached to an aromatic ring is 1. The molecular weight excluding hydrogens is 234 g/mol. The highest BCUT2D eigenvalue weighted by Crippen LogP contribution is 2.24. The largest absolute Gasteiger partial charge is 0.476 e. The van der Waals surface area contributed by atoms with Gasteiger partial charge in [-0.05, 0) is 13.8 Å². The molecule has 0 aliphatic heterocycles. The maximum absolute atomic E-state index is 11.0. The second kappa shape index (κ2) is 5.59. The van der Waals surface area contributed by atoms with Crippen molar-refractivity contribution in [3.63, 3.8) is 0 Å². The first-order chi connectivity index (χ1) is 8.42. The Morgan fingerprint density at radius 3 is 2.61 bits per heavy atom. The number of aromatic carboxylic acids is 1. The SMILES string of the molecule is C=CC(c1nc(C(=O)O)c(N)nc1C)[C@H](C)OC. The number of hydrogen-bond acceptors (Lipinski definition) is 5. The molecule has 3 N–H and O–H groups in total. The number of hydrogen-bond donors (Lipinski definition) is 2. The van der Waals surface area contributed by atoms with Gasteiger partial charge in [-0.25, -0.2) is 14.8 Å². The van der Waals surface area contributed by atoms with E-state index in [4.69, 9.17) is 15.6 Å². The van der Waals surface area contributed by atoms with Gasteiger partial charge in [-0.15, -0.1) is 6.58 Å². The molecule has 0 aliphatic rings. The molecule has 18 heavy (non-hydrogen) atoms. The molecule has 1 heterocycles. The van der Waals surface area contributed by atoms with Gasteiger partial charge in [0.2, 0.25) is 0 Å². The van der Waals surface area contributed by atoms with Crippen LogP contribution in [0.5, 0.6) is 0 Å². The first-order valence-electron chi connectivity index (χ1n) is 5.45. The van der Waals surface area contributed by atoms with Crippen LogP contribution in [0.15, 0.2) is 12.7 Å². The Morgan fingerprint density at radius 2 is 2.17 bits per heavy atom. The normalized spacial score (nSPS) is 13.9. The van der Waals surface area contributed by atoms with Gasteiger partial charge in [0.1, 0.15) is 0 Å². The Bertz CT molecular complexity index is 474. The van der Waals surface area contributed by atoms with E-state index in [1.165, 1.54) is 0 Å². The zero-order valence-corrected chi connectivity index (χ0v) is 10.7. The van der Waals surface area contributed by atoms with E-state index < -0.39 is 5.97 Å². The van der Waals surface area contributed by atoms with Gasteiger partial charge < -0.3 is 15.6 Å². The molecule has 98 valence electrons. The van der Waals surface area contributed by atoms with Crippen molar-refractivity contribution < 1.29 is 14.6 Å². The van der Waals surface area contributed by atoms with Gasteiger partial charge in [-0.1, -0.05) is 6.08 Å². The number of carbonyl (C=O) groups is 1. The second-order valence-corrected chi connectivity index (χ2v) is 3.94. The maximum atomic E-state index is 11.0. The summed E-state index contributed by atoms with van der Waals surface area (Å²) in [6.07, 6.45) is 1.48. The molecule has 0 bridgehead atoms. The second-order valence-electron chi connectivity index (χ2n) is 3.94. The van der Waals surface area contributed by atoms with Crippen molar-refractivity contribution in [2.24, 2.45) is 0 Å². The molecule has 0 amide bonds. The summed E-state index contributed by atoms with van der Waals surface area (Å²) in [4.78, 5) is 19.1. The van der Waals surface area contributed by atoms with Gasteiger partial charge in [-0.2, -0.15) is 0 Å². The topological polar surface area (TPSA) is 98.3 Å². The van der Waals surface area contributed by atoms with E-state index in [9.17, 15) is 4.79 Å². The van der Waals surface area contributed by atoms with Crippen molar-refractivity contribution >= 4 is 11.8 Å². The number of nitrogens with zero attached hydrogens (tertiary/aromatic N) is 2. The van der Waals surface area contributed by atoms with E-state index in [1.807, 2.05) is 6.92 Å². The van der Waals surface area contributed by atoms with Gasteiger partial charge >= 0.3 is 5.97 Å². The molecular formula is C12H17N3O3. The summed E-state index contributed by atoms with van der Waals surface area (Å²) in [6, 6.07) is 0. The first kappa shape index (κ1) is 14.1. The predicted octanol–water partition coefficient (Wildman–Crippen LogP) is 1.37. The molecule has 0 aromatic carbocycles. The zero-order chi connectivity index (χ0) is 13.9. The van der Waals surface area contributed by atoms with Crippen LogP contribution in [0.3, 0.4) is 0 Å². The highest BCUT2D eigenvalue weighted by atomic mass is 16.5. The van der Waals surface area contributed by atoms with Gasteiger partial charge in [0, 0.05) is 13.0 Å². The first-order valence-corrected chi connectivity index (χ1v) is 5.45.